The van der Waals surface area contributed by atoms with Gasteiger partial charge in [0, 0.05) is 61.8 Å². The van der Waals surface area contributed by atoms with Crippen molar-refractivity contribution in [2.45, 2.75) is 52.4 Å². The third-order valence-corrected chi connectivity index (χ3v) is 5.52. The van der Waals surface area contributed by atoms with Gasteiger partial charge in [0.15, 0.2) is 0 Å². The predicted molar refractivity (Wildman–Crippen MR) is 117 cm³/mol. The van der Waals surface area contributed by atoms with Crippen LogP contribution < -0.4 is 0 Å². The number of carbonyl (C=O) groups is 2. The van der Waals surface area contributed by atoms with Crippen LogP contribution in [0.5, 0.6) is 0 Å². The van der Waals surface area contributed by atoms with Gasteiger partial charge in [-0.1, -0.05) is 49.8 Å². The Morgan fingerprint density at radius 1 is 1.17 bits per heavy atom. The van der Waals surface area contributed by atoms with Crippen LogP contribution in [-0.2, 0) is 9.59 Å². The fourth-order valence-electron chi connectivity index (χ4n) is 3.73. The van der Waals surface area contributed by atoms with Gasteiger partial charge in [-0.05, 0) is 29.7 Å². The van der Waals surface area contributed by atoms with Crippen molar-refractivity contribution in [2.24, 2.45) is 22.2 Å². The average molecular weight is 386 g/mol. The van der Waals surface area contributed by atoms with Gasteiger partial charge in [-0.3, -0.25) is 14.6 Å². The first kappa shape index (κ1) is 20.8. The van der Waals surface area contributed by atoms with E-state index in [4.69, 9.17) is 0 Å². The number of nitrogens with zero attached hydrogens (tertiary/aromatic N) is 1. The lowest BCUT2D eigenvalue weighted by Gasteiger charge is -2.25. The fraction of sp³-hybridized carbons (Fsp3) is 0.423. The first-order valence-electron chi connectivity index (χ1n) is 10.2. The molecule has 0 aromatic heterocycles. The topological polar surface area (TPSA) is 46.5 Å². The number of allylic oxidation sites excluding steroid dienone is 7. The predicted octanol–water partition coefficient (Wildman–Crippen LogP) is 4.76. The maximum atomic E-state index is 12.5. The lowest BCUT2D eigenvalue weighted by molar-refractivity contribution is -0.125. The van der Waals surface area contributed by atoms with Gasteiger partial charge in [0.05, 0.1) is 0 Å². The molecule has 0 fully saturated rings. The summed E-state index contributed by atoms with van der Waals surface area (Å²) in [5.74, 6) is 12.6. The molecule has 0 aromatic rings. The van der Waals surface area contributed by atoms with Gasteiger partial charge in [-0.15, -0.1) is 5.92 Å². The van der Waals surface area contributed by atoms with Crippen LogP contribution >= 0.6 is 0 Å². The van der Waals surface area contributed by atoms with Gasteiger partial charge < -0.3 is 0 Å². The summed E-state index contributed by atoms with van der Waals surface area (Å²) in [7, 11) is 0. The lowest BCUT2D eigenvalue weighted by Crippen LogP contribution is -2.16. The molecule has 0 radical (unpaired) electrons. The number of ketones is 2. The van der Waals surface area contributed by atoms with Crippen LogP contribution in [0.25, 0.3) is 0 Å². The van der Waals surface area contributed by atoms with Crippen molar-refractivity contribution < 1.29 is 9.59 Å². The van der Waals surface area contributed by atoms with Crippen LogP contribution in [0.4, 0.5) is 0 Å². The summed E-state index contributed by atoms with van der Waals surface area (Å²) in [6.45, 7) is 4.41. The SMILES string of the molecule is CC1(C)CC#CCC2=C1/C=C\C(CC(=O)CCC(=O)[C@H]1C=CN=CC1)C#C/C=C\2. The molecule has 0 aromatic carbocycles. The normalized spacial score (nSPS) is 26.3. The Labute approximate surface area is 173 Å². The molecular formula is C26H27NO2. The average Bonchev–Trinajstić information content (AvgIpc) is 2.78. The van der Waals surface area contributed by atoms with Crippen LogP contribution in [0.15, 0.2) is 52.7 Å². The number of hydrogen-bond acceptors (Lipinski definition) is 3. The third-order valence-electron chi connectivity index (χ3n) is 5.52. The molecule has 0 spiro atoms. The largest absolute Gasteiger partial charge is 0.300 e. The highest BCUT2D eigenvalue weighted by atomic mass is 16.1. The Hall–Kier alpha value is -2.91. The Morgan fingerprint density at radius 3 is 2.83 bits per heavy atom. The van der Waals surface area contributed by atoms with E-state index in [1.807, 2.05) is 18.2 Å². The summed E-state index contributed by atoms with van der Waals surface area (Å²) in [4.78, 5) is 28.8. The van der Waals surface area contributed by atoms with Gasteiger partial charge in [0.2, 0.25) is 0 Å². The minimum Gasteiger partial charge on any atom is -0.300 e. The lowest BCUT2D eigenvalue weighted by atomic mass is 9.78. The minimum absolute atomic E-state index is 0.0399. The smallest absolute Gasteiger partial charge is 0.140 e. The van der Waals surface area contributed by atoms with E-state index in [0.717, 1.165) is 12.8 Å². The number of Topliss-reactive ketones (excluding diaryl/α,β-unsaturated/α-hetero) is 2. The minimum atomic E-state index is -0.143. The molecule has 2 atom stereocenters. The first-order chi connectivity index (χ1) is 14.0. The zero-order valence-electron chi connectivity index (χ0n) is 17.2. The van der Waals surface area contributed by atoms with Gasteiger partial charge in [-0.25, -0.2) is 0 Å². The Balaban J connectivity index is 1.62. The van der Waals surface area contributed by atoms with Crippen molar-refractivity contribution in [3.05, 3.63) is 47.7 Å². The van der Waals surface area contributed by atoms with Gasteiger partial charge in [0.1, 0.15) is 11.6 Å². The zero-order chi connectivity index (χ0) is 20.7. The molecular weight excluding hydrogens is 358 g/mol. The van der Waals surface area contributed by atoms with Crippen LogP contribution in [0.2, 0.25) is 0 Å². The van der Waals surface area contributed by atoms with Crippen molar-refractivity contribution in [3.8, 4) is 23.7 Å². The number of carbonyl (C=O) groups excluding carboxylic acids is 2. The van der Waals surface area contributed by atoms with E-state index in [0.29, 0.717) is 12.8 Å². The summed E-state index contributed by atoms with van der Waals surface area (Å²) in [6.07, 6.45) is 16.4. The Morgan fingerprint density at radius 2 is 2.03 bits per heavy atom. The zero-order valence-corrected chi connectivity index (χ0v) is 17.2. The van der Waals surface area contributed by atoms with Crippen molar-refractivity contribution >= 4 is 17.8 Å². The van der Waals surface area contributed by atoms with Crippen molar-refractivity contribution in [3.63, 3.8) is 0 Å². The van der Waals surface area contributed by atoms with Gasteiger partial charge >= 0.3 is 0 Å². The van der Waals surface area contributed by atoms with Crippen LogP contribution in [0, 0.1) is 40.9 Å². The molecule has 0 saturated heterocycles. The molecule has 1 aliphatic heterocycles. The second-order valence-corrected chi connectivity index (χ2v) is 8.34. The fourth-order valence-corrected chi connectivity index (χ4v) is 3.73. The van der Waals surface area contributed by atoms with E-state index in [-0.39, 0.29) is 41.7 Å². The number of aliphatic imine (C=N–C) groups is 1. The molecule has 1 unspecified atom stereocenters. The Bertz CT molecular complexity index is 948. The molecule has 148 valence electrons. The standard InChI is InChI=1S/C26H27NO2/c1-26(2)16-6-5-9-21-8-4-3-7-20(10-12-24(21)26)19-23(28)11-13-25(29)22-14-17-27-18-15-22/h4,8,10,12,14,17-18,20,22H,9,11,13,15-16,19H2,1-2H3/b8-4-,12-10-/t20?,22-/m0/s1. The summed E-state index contributed by atoms with van der Waals surface area (Å²) in [5, 5.41) is 0. The van der Waals surface area contributed by atoms with E-state index in [9.17, 15) is 9.59 Å². The molecule has 3 rings (SSSR count). The van der Waals surface area contributed by atoms with Crippen molar-refractivity contribution in [2.75, 3.05) is 0 Å². The Kier molecular flexibility index (Phi) is 6.84. The van der Waals surface area contributed by atoms with Gasteiger partial charge in [-0.2, -0.15) is 0 Å². The molecule has 0 amide bonds. The van der Waals surface area contributed by atoms with Crippen molar-refractivity contribution in [1.82, 2.24) is 0 Å². The van der Waals surface area contributed by atoms with Crippen LogP contribution in [0.3, 0.4) is 0 Å². The first-order valence-corrected chi connectivity index (χ1v) is 10.2. The van der Waals surface area contributed by atoms with E-state index in [2.05, 4.69) is 54.7 Å². The molecule has 0 bridgehead atoms. The molecule has 0 saturated carbocycles. The van der Waals surface area contributed by atoms with Gasteiger partial charge in [0.25, 0.3) is 0 Å². The monoisotopic (exact) mass is 385 g/mol. The summed E-state index contributed by atoms with van der Waals surface area (Å²) in [6, 6.07) is 0. The van der Waals surface area contributed by atoms with Crippen molar-refractivity contribution in [1.29, 1.82) is 0 Å². The van der Waals surface area contributed by atoms with E-state index in [1.54, 1.807) is 12.4 Å². The maximum absolute atomic E-state index is 12.5. The quantitative estimate of drug-likeness (QED) is 0.619. The molecule has 3 aliphatic rings. The molecule has 29 heavy (non-hydrogen) atoms. The molecule has 3 heteroatoms. The molecule has 1 heterocycles. The summed E-state index contributed by atoms with van der Waals surface area (Å²) < 4.78 is 0. The van der Waals surface area contributed by atoms with E-state index < -0.39 is 0 Å². The number of rotatable bonds is 6. The highest BCUT2D eigenvalue weighted by Gasteiger charge is 2.25. The summed E-state index contributed by atoms with van der Waals surface area (Å²) in [5.41, 5.74) is 2.41. The van der Waals surface area contributed by atoms with E-state index in [1.165, 1.54) is 11.1 Å². The molecule has 2 aliphatic carbocycles. The second-order valence-electron chi connectivity index (χ2n) is 8.34. The third kappa shape index (κ3) is 5.78. The van der Waals surface area contributed by atoms with Crippen LogP contribution in [-0.4, -0.2) is 17.8 Å². The maximum Gasteiger partial charge on any atom is 0.140 e. The highest BCUT2D eigenvalue weighted by Crippen LogP contribution is 2.36. The van der Waals surface area contributed by atoms with Crippen LogP contribution in [0.1, 0.15) is 52.4 Å². The molecule has 3 nitrogen and oxygen atoms in total. The highest BCUT2D eigenvalue weighted by molar-refractivity contribution is 5.90. The molecule has 0 N–H and O–H groups in total. The van der Waals surface area contributed by atoms with E-state index >= 15 is 0 Å². The number of hydrogen-bond donors (Lipinski definition) is 0. The summed E-state index contributed by atoms with van der Waals surface area (Å²) >= 11 is 0. The second kappa shape index (κ2) is 9.53.